The molecular weight excluding hydrogens is 731 g/mol. The van der Waals surface area contributed by atoms with Crippen LogP contribution in [0.1, 0.15) is 88.7 Å². The minimum Gasteiger partial charge on any atom is -0.449 e. The van der Waals surface area contributed by atoms with Crippen molar-refractivity contribution in [1.82, 2.24) is 26.2 Å². The van der Waals surface area contributed by atoms with Crippen LogP contribution in [0.15, 0.2) is 65.2 Å². The van der Waals surface area contributed by atoms with Crippen molar-refractivity contribution in [3.63, 3.8) is 0 Å². The summed E-state index contributed by atoms with van der Waals surface area (Å²) < 4.78 is 5.79. The number of fused-ring (bicyclic) bond motifs is 4. The molecular formula is C41H55N9O7. The molecule has 0 aromatic heterocycles. The second kappa shape index (κ2) is 19.8. The van der Waals surface area contributed by atoms with E-state index in [2.05, 4.69) is 26.3 Å². The van der Waals surface area contributed by atoms with Crippen LogP contribution in [0, 0.1) is 0 Å². The lowest BCUT2D eigenvalue weighted by atomic mass is 9.98. The Morgan fingerprint density at radius 3 is 2.12 bits per heavy atom. The highest BCUT2D eigenvalue weighted by molar-refractivity contribution is 5.96. The second-order valence-electron chi connectivity index (χ2n) is 15.0. The van der Waals surface area contributed by atoms with Crippen LogP contribution in [0.2, 0.25) is 0 Å². The van der Waals surface area contributed by atoms with Crippen LogP contribution in [0.5, 0.6) is 0 Å². The molecule has 5 atom stereocenters. The standard InChI is InChI=1S/C41H55N9O7/c1-24(2)19-20-32-37(53)47-31(17-9-21-45-40(43)44)36(52)46-30(35(42)51)15-7-8-16-33(39(55)50-22-10-18-34(50)38(54)48-32)49-41(56)57-23-29-27-13-5-3-11-25(27)26-12-4-6-14-28(26)29/h3-6,11-14,19,29-34H,7-10,15-18,20-23H2,1-2H3,(H2,42,51)(H,46,52)(H,47,53)(H,48,54)(H,49,56)(H4,43,44,45)/t30-,31-,32+,33-,34+/m0/s1. The summed E-state index contributed by atoms with van der Waals surface area (Å²) >= 11 is 0. The summed E-state index contributed by atoms with van der Waals surface area (Å²) in [5.41, 5.74) is 21.8. The molecule has 3 aliphatic rings. The molecule has 16 heteroatoms. The van der Waals surface area contributed by atoms with Gasteiger partial charge in [0, 0.05) is 19.0 Å². The van der Waals surface area contributed by atoms with E-state index < -0.39 is 65.8 Å². The summed E-state index contributed by atoms with van der Waals surface area (Å²) in [4.78, 5) is 87.0. The molecule has 0 radical (unpaired) electrons. The Morgan fingerprint density at radius 1 is 0.842 bits per heavy atom. The maximum absolute atomic E-state index is 14.3. The van der Waals surface area contributed by atoms with E-state index in [4.69, 9.17) is 21.9 Å². The van der Waals surface area contributed by atoms with Gasteiger partial charge in [0.2, 0.25) is 29.5 Å². The van der Waals surface area contributed by atoms with Crippen LogP contribution in [-0.2, 0) is 28.7 Å². The molecule has 0 unspecified atom stereocenters. The van der Waals surface area contributed by atoms with Gasteiger partial charge >= 0.3 is 6.09 Å². The van der Waals surface area contributed by atoms with Gasteiger partial charge in [0.05, 0.1) is 0 Å². The zero-order chi connectivity index (χ0) is 41.1. The van der Waals surface area contributed by atoms with Gasteiger partial charge in [-0.3, -0.25) is 29.0 Å². The lowest BCUT2D eigenvalue weighted by Crippen LogP contribution is -2.58. The predicted molar refractivity (Wildman–Crippen MR) is 214 cm³/mol. The second-order valence-corrected chi connectivity index (χ2v) is 15.0. The Hall–Kier alpha value is -5.93. The fraction of sp³-hybridized carbons (Fsp3) is 0.488. The third-order valence-corrected chi connectivity index (χ3v) is 10.6. The first-order valence-electron chi connectivity index (χ1n) is 19.6. The van der Waals surface area contributed by atoms with Crippen LogP contribution in [0.25, 0.3) is 11.1 Å². The molecule has 2 aromatic carbocycles. The average molecular weight is 786 g/mol. The van der Waals surface area contributed by atoms with Crippen molar-refractivity contribution in [2.75, 3.05) is 19.7 Å². The van der Waals surface area contributed by atoms with Crippen molar-refractivity contribution in [3.05, 3.63) is 71.3 Å². The highest BCUT2D eigenvalue weighted by Crippen LogP contribution is 2.44. The topological polar surface area (TPSA) is 253 Å². The number of hydrogen-bond acceptors (Lipinski definition) is 8. The van der Waals surface area contributed by atoms with Gasteiger partial charge in [-0.2, -0.15) is 0 Å². The number of primary amides is 1. The Balaban J connectivity index is 1.36. The molecule has 6 amide bonds. The van der Waals surface area contributed by atoms with Crippen LogP contribution in [-0.4, -0.2) is 96.4 Å². The van der Waals surface area contributed by atoms with Gasteiger partial charge in [0.1, 0.15) is 36.8 Å². The molecule has 2 fully saturated rings. The van der Waals surface area contributed by atoms with Crippen molar-refractivity contribution >= 4 is 41.6 Å². The van der Waals surface area contributed by atoms with E-state index >= 15 is 0 Å². The number of nitrogens with two attached hydrogens (primary N) is 3. The van der Waals surface area contributed by atoms with Crippen molar-refractivity contribution in [2.45, 2.75) is 108 Å². The number of carbonyl (C=O) groups is 6. The molecule has 2 heterocycles. The van der Waals surface area contributed by atoms with Gasteiger partial charge in [0.25, 0.3) is 0 Å². The number of carbonyl (C=O) groups excluding carboxylic acids is 6. The normalized spacial score (nSPS) is 23.1. The molecule has 1 aliphatic carbocycles. The fourth-order valence-corrected chi connectivity index (χ4v) is 7.70. The maximum Gasteiger partial charge on any atom is 0.407 e. The van der Waals surface area contributed by atoms with Gasteiger partial charge in [-0.25, -0.2) is 4.79 Å². The maximum atomic E-state index is 14.3. The zero-order valence-electron chi connectivity index (χ0n) is 32.6. The quantitative estimate of drug-likeness (QED) is 0.0802. The number of benzene rings is 2. The molecule has 10 N–H and O–H groups in total. The SMILES string of the molecule is CC(C)=CC[C@H]1NC(=O)[C@H]2CCCN2C(=O)[C@@H](NC(=O)OCC2c3ccccc3-c3ccccc32)CCCC[C@@H](C(N)=O)NC(=O)[C@H](CCCN=C(N)N)NC1=O. The third-order valence-electron chi connectivity index (χ3n) is 10.6. The number of nitrogens with zero attached hydrogens (tertiary/aromatic N) is 2. The highest BCUT2D eigenvalue weighted by atomic mass is 16.5. The van der Waals surface area contributed by atoms with E-state index in [1.807, 2.05) is 62.4 Å². The van der Waals surface area contributed by atoms with E-state index in [0.29, 0.717) is 32.1 Å². The fourth-order valence-electron chi connectivity index (χ4n) is 7.70. The summed E-state index contributed by atoms with van der Waals surface area (Å²) in [5.74, 6) is -3.35. The van der Waals surface area contributed by atoms with E-state index in [-0.39, 0.29) is 57.3 Å². The minimum absolute atomic E-state index is 0.0416. The molecule has 16 nitrogen and oxygen atoms in total. The predicted octanol–water partition coefficient (Wildman–Crippen LogP) is 1.81. The highest BCUT2D eigenvalue weighted by Gasteiger charge is 2.40. The number of rotatable bonds is 10. The zero-order valence-corrected chi connectivity index (χ0v) is 32.6. The number of amides is 6. The summed E-state index contributed by atoms with van der Waals surface area (Å²) in [6, 6.07) is 10.7. The molecule has 5 rings (SSSR count). The van der Waals surface area contributed by atoms with Crippen molar-refractivity contribution in [1.29, 1.82) is 0 Å². The monoisotopic (exact) mass is 785 g/mol. The van der Waals surface area contributed by atoms with E-state index in [1.54, 1.807) is 6.08 Å². The number of aliphatic imine (C=N–C) groups is 1. The van der Waals surface area contributed by atoms with Gasteiger partial charge in [-0.05, 0) is 81.0 Å². The number of ether oxygens (including phenoxy) is 1. The van der Waals surface area contributed by atoms with Crippen molar-refractivity contribution in [2.24, 2.45) is 22.2 Å². The summed E-state index contributed by atoms with van der Waals surface area (Å²) in [6.07, 6.45) is 3.43. The third kappa shape index (κ3) is 11.1. The van der Waals surface area contributed by atoms with Crippen LogP contribution in [0.4, 0.5) is 4.79 Å². The van der Waals surface area contributed by atoms with E-state index in [9.17, 15) is 28.8 Å². The number of guanidine groups is 1. The van der Waals surface area contributed by atoms with E-state index in [0.717, 1.165) is 27.8 Å². The number of nitrogens with one attached hydrogen (secondary N) is 4. The minimum atomic E-state index is -1.11. The Bertz CT molecular complexity index is 1830. The Labute approximate surface area is 332 Å². The molecule has 306 valence electrons. The van der Waals surface area contributed by atoms with Crippen molar-refractivity contribution in [3.8, 4) is 11.1 Å². The molecule has 0 saturated carbocycles. The summed E-state index contributed by atoms with van der Waals surface area (Å²) in [6.45, 7) is 4.20. The lowest BCUT2D eigenvalue weighted by Gasteiger charge is -2.30. The number of alkyl carbamates (subject to hydrolysis) is 1. The summed E-state index contributed by atoms with van der Waals surface area (Å²) in [7, 11) is 0. The van der Waals surface area contributed by atoms with Crippen LogP contribution >= 0.6 is 0 Å². The molecule has 2 saturated heterocycles. The average Bonchev–Trinajstić information content (AvgIpc) is 3.80. The van der Waals surface area contributed by atoms with Crippen LogP contribution < -0.4 is 38.5 Å². The first kappa shape index (κ1) is 42.2. The molecule has 2 aliphatic heterocycles. The first-order valence-corrected chi connectivity index (χ1v) is 19.6. The van der Waals surface area contributed by atoms with Gasteiger partial charge in [0.15, 0.2) is 5.96 Å². The first-order chi connectivity index (χ1) is 27.3. The smallest absolute Gasteiger partial charge is 0.407 e. The Morgan fingerprint density at radius 2 is 1.47 bits per heavy atom. The number of allylic oxidation sites excluding steroid dienone is 1. The largest absolute Gasteiger partial charge is 0.449 e. The number of hydrogen-bond donors (Lipinski definition) is 7. The molecule has 0 spiro atoms. The van der Waals surface area contributed by atoms with Crippen LogP contribution in [0.3, 0.4) is 0 Å². The van der Waals surface area contributed by atoms with Crippen molar-refractivity contribution < 1.29 is 33.5 Å². The molecule has 0 bridgehead atoms. The van der Waals surface area contributed by atoms with E-state index in [1.165, 1.54) is 4.90 Å². The van der Waals surface area contributed by atoms with Gasteiger partial charge in [-0.1, -0.05) is 73.0 Å². The molecule has 2 aromatic rings. The Kier molecular flexibility index (Phi) is 14.7. The van der Waals surface area contributed by atoms with Gasteiger partial charge in [-0.15, -0.1) is 0 Å². The van der Waals surface area contributed by atoms with Gasteiger partial charge < -0.3 is 48.1 Å². The molecule has 57 heavy (non-hydrogen) atoms. The lowest BCUT2D eigenvalue weighted by molar-refractivity contribution is -0.141. The summed E-state index contributed by atoms with van der Waals surface area (Å²) in [5, 5.41) is 11.0.